The van der Waals surface area contributed by atoms with Crippen molar-refractivity contribution in [2.24, 2.45) is 0 Å². The third-order valence-corrected chi connectivity index (χ3v) is 7.24. The molecular formula is C24H27N3O4S2. The van der Waals surface area contributed by atoms with Gasteiger partial charge in [0.25, 0.3) is 5.56 Å². The van der Waals surface area contributed by atoms with Crippen LogP contribution in [0.5, 0.6) is 5.75 Å². The van der Waals surface area contributed by atoms with E-state index >= 15 is 0 Å². The zero-order valence-electron chi connectivity index (χ0n) is 19.1. The van der Waals surface area contributed by atoms with Gasteiger partial charge in [-0.3, -0.25) is 9.36 Å². The Bertz CT molecular complexity index is 1230. The minimum Gasteiger partial charge on any atom is -0.490 e. The smallest absolute Gasteiger partial charge is 0.288 e. The van der Waals surface area contributed by atoms with E-state index in [0.29, 0.717) is 10.8 Å². The topological polar surface area (TPSA) is 86.5 Å². The van der Waals surface area contributed by atoms with Gasteiger partial charge in [-0.05, 0) is 61.9 Å². The van der Waals surface area contributed by atoms with Gasteiger partial charge >= 0.3 is 0 Å². The summed E-state index contributed by atoms with van der Waals surface area (Å²) in [4.78, 5) is 23.3. The van der Waals surface area contributed by atoms with Crippen molar-refractivity contribution in [3.05, 3.63) is 63.2 Å². The SMILES string of the molecule is CCc1cc(-n2ccnc(Sc3nc4c(s3)C=CC(OC)C4)c2=O)ccc1OCC(C)(C)O. The molecule has 9 heteroatoms. The summed E-state index contributed by atoms with van der Waals surface area (Å²) >= 11 is 2.84. The minimum atomic E-state index is -0.923. The van der Waals surface area contributed by atoms with Gasteiger partial charge in [-0.15, -0.1) is 11.3 Å². The lowest BCUT2D eigenvalue weighted by Crippen LogP contribution is -2.28. The maximum absolute atomic E-state index is 13.2. The molecule has 0 saturated heterocycles. The van der Waals surface area contributed by atoms with E-state index in [4.69, 9.17) is 14.5 Å². The van der Waals surface area contributed by atoms with Crippen molar-refractivity contribution >= 4 is 29.2 Å². The van der Waals surface area contributed by atoms with Crippen LogP contribution in [0.15, 0.2) is 50.8 Å². The monoisotopic (exact) mass is 485 g/mol. The molecule has 0 radical (unpaired) electrons. The molecule has 33 heavy (non-hydrogen) atoms. The van der Waals surface area contributed by atoms with Crippen molar-refractivity contribution in [2.45, 2.75) is 54.7 Å². The average molecular weight is 486 g/mol. The third kappa shape index (κ3) is 5.55. The lowest BCUT2D eigenvalue weighted by molar-refractivity contribution is 0.0282. The van der Waals surface area contributed by atoms with Gasteiger partial charge in [0.15, 0.2) is 9.37 Å². The number of fused-ring (bicyclic) bond motifs is 1. The molecule has 0 spiro atoms. The number of thiazole rings is 1. The first kappa shape index (κ1) is 23.7. The molecule has 0 bridgehead atoms. The van der Waals surface area contributed by atoms with Crippen LogP contribution < -0.4 is 10.3 Å². The second kappa shape index (κ2) is 9.80. The molecule has 1 aliphatic carbocycles. The van der Waals surface area contributed by atoms with Crippen LogP contribution in [-0.2, 0) is 17.6 Å². The highest BCUT2D eigenvalue weighted by molar-refractivity contribution is 8.01. The Labute approximate surface area is 201 Å². The highest BCUT2D eigenvalue weighted by Crippen LogP contribution is 2.34. The second-order valence-electron chi connectivity index (χ2n) is 8.38. The van der Waals surface area contributed by atoms with Gasteiger partial charge in [-0.2, -0.15) is 0 Å². The number of benzene rings is 1. The highest BCUT2D eigenvalue weighted by Gasteiger charge is 2.20. The Kier molecular flexibility index (Phi) is 7.04. The molecule has 2 aromatic heterocycles. The first-order valence-electron chi connectivity index (χ1n) is 10.7. The molecule has 174 valence electrons. The fourth-order valence-electron chi connectivity index (χ4n) is 3.41. The predicted molar refractivity (Wildman–Crippen MR) is 131 cm³/mol. The van der Waals surface area contributed by atoms with Crippen molar-refractivity contribution in [2.75, 3.05) is 13.7 Å². The Hall–Kier alpha value is -2.46. The van der Waals surface area contributed by atoms with Crippen molar-refractivity contribution in [3.63, 3.8) is 0 Å². The van der Waals surface area contributed by atoms with E-state index in [1.165, 1.54) is 11.8 Å². The van der Waals surface area contributed by atoms with Crippen LogP contribution in [0, 0.1) is 0 Å². The van der Waals surface area contributed by atoms with Crippen LogP contribution in [0.3, 0.4) is 0 Å². The van der Waals surface area contributed by atoms with Gasteiger partial charge in [-0.25, -0.2) is 9.97 Å². The van der Waals surface area contributed by atoms with Gasteiger partial charge in [0.1, 0.15) is 12.4 Å². The Balaban J connectivity index is 1.58. The summed E-state index contributed by atoms with van der Waals surface area (Å²) < 4.78 is 13.6. The van der Waals surface area contributed by atoms with Gasteiger partial charge in [-0.1, -0.05) is 13.0 Å². The number of methoxy groups -OCH3 is 1. The largest absolute Gasteiger partial charge is 0.490 e. The van der Waals surface area contributed by atoms with Gasteiger partial charge in [0, 0.05) is 31.6 Å². The summed E-state index contributed by atoms with van der Waals surface area (Å²) in [6.45, 7) is 5.62. The highest BCUT2D eigenvalue weighted by atomic mass is 32.2. The first-order chi connectivity index (χ1) is 15.8. The molecule has 0 fully saturated rings. The van der Waals surface area contributed by atoms with Crippen LogP contribution in [-0.4, -0.2) is 45.1 Å². The van der Waals surface area contributed by atoms with Crippen molar-refractivity contribution < 1.29 is 14.6 Å². The first-order valence-corrected chi connectivity index (χ1v) is 12.4. The zero-order valence-corrected chi connectivity index (χ0v) is 20.7. The van der Waals surface area contributed by atoms with E-state index in [-0.39, 0.29) is 18.3 Å². The number of rotatable bonds is 8. The lowest BCUT2D eigenvalue weighted by atomic mass is 10.1. The summed E-state index contributed by atoms with van der Waals surface area (Å²) in [6.07, 6.45) is 8.85. The number of aliphatic hydroxyl groups is 1. The number of hydrogen-bond donors (Lipinski definition) is 1. The van der Waals surface area contributed by atoms with Gasteiger partial charge < -0.3 is 14.6 Å². The average Bonchev–Trinajstić information content (AvgIpc) is 3.20. The molecular weight excluding hydrogens is 458 g/mol. The molecule has 7 nitrogen and oxygen atoms in total. The van der Waals surface area contributed by atoms with Gasteiger partial charge in [0.2, 0.25) is 0 Å². The summed E-state index contributed by atoms with van der Waals surface area (Å²) in [5.74, 6) is 0.705. The minimum absolute atomic E-state index is 0.0349. The molecule has 0 amide bonds. The molecule has 0 aliphatic heterocycles. The lowest BCUT2D eigenvalue weighted by Gasteiger charge is -2.20. The summed E-state index contributed by atoms with van der Waals surface area (Å²) in [5.41, 5.74) is 1.56. The Morgan fingerprint density at radius 1 is 1.36 bits per heavy atom. The maximum atomic E-state index is 13.2. The van der Waals surface area contributed by atoms with Crippen LogP contribution in [0.25, 0.3) is 11.8 Å². The van der Waals surface area contributed by atoms with Gasteiger partial charge in [0.05, 0.1) is 22.3 Å². The molecule has 2 heterocycles. The van der Waals surface area contributed by atoms with Crippen LogP contribution in [0.2, 0.25) is 0 Å². The molecule has 1 aliphatic rings. The molecule has 0 saturated carbocycles. The fourth-order valence-corrected chi connectivity index (χ4v) is 5.44. The van der Waals surface area contributed by atoms with E-state index in [2.05, 4.69) is 4.98 Å². The number of nitrogens with zero attached hydrogens (tertiary/aromatic N) is 3. The van der Waals surface area contributed by atoms with Crippen LogP contribution in [0.1, 0.15) is 36.9 Å². The standard InChI is InChI=1S/C24H27N3O4S2/c1-5-15-12-16(6-8-19(15)31-14-24(2,3)29)27-11-10-25-21(22(27)28)33-23-26-18-13-17(30-4)7-9-20(18)32-23/h6-12,17,29H,5,13-14H2,1-4H3. The number of hydrogen-bond acceptors (Lipinski definition) is 8. The molecule has 3 aromatic rings. The quantitative estimate of drug-likeness (QED) is 0.513. The predicted octanol–water partition coefficient (Wildman–Crippen LogP) is 4.14. The molecule has 1 N–H and O–H groups in total. The molecule has 1 unspecified atom stereocenters. The van der Waals surface area contributed by atoms with Crippen molar-refractivity contribution in [1.82, 2.24) is 14.5 Å². The number of aromatic nitrogens is 3. The second-order valence-corrected chi connectivity index (χ2v) is 10.7. The number of ether oxygens (including phenoxy) is 2. The summed E-state index contributed by atoms with van der Waals surface area (Å²) in [7, 11) is 1.69. The Morgan fingerprint density at radius 3 is 2.91 bits per heavy atom. The zero-order chi connectivity index (χ0) is 23.6. The third-order valence-electron chi connectivity index (χ3n) is 5.14. The summed E-state index contributed by atoms with van der Waals surface area (Å²) in [6, 6.07) is 5.62. The van der Waals surface area contributed by atoms with E-state index in [1.807, 2.05) is 37.3 Å². The van der Waals surface area contributed by atoms with Crippen LogP contribution in [0.4, 0.5) is 0 Å². The Morgan fingerprint density at radius 2 is 2.18 bits per heavy atom. The number of aryl methyl sites for hydroxylation is 1. The van der Waals surface area contributed by atoms with E-state index in [9.17, 15) is 9.90 Å². The van der Waals surface area contributed by atoms with E-state index in [1.54, 1.807) is 49.3 Å². The molecule has 4 rings (SSSR count). The van der Waals surface area contributed by atoms with Crippen molar-refractivity contribution in [3.8, 4) is 11.4 Å². The normalized spacial score (nSPS) is 15.5. The molecule has 1 aromatic carbocycles. The maximum Gasteiger partial charge on any atom is 0.288 e. The molecule has 1 atom stereocenters. The fraction of sp³-hybridized carbons (Fsp3) is 0.375. The summed E-state index contributed by atoms with van der Waals surface area (Å²) in [5, 5.41) is 10.3. The van der Waals surface area contributed by atoms with Crippen molar-refractivity contribution in [1.29, 1.82) is 0 Å². The van der Waals surface area contributed by atoms with E-state index in [0.717, 1.165) is 39.0 Å². The van der Waals surface area contributed by atoms with Crippen LogP contribution >= 0.6 is 23.1 Å². The van der Waals surface area contributed by atoms with E-state index < -0.39 is 5.60 Å².